The summed E-state index contributed by atoms with van der Waals surface area (Å²) in [5, 5.41) is 7.10. The van der Waals surface area contributed by atoms with Crippen LogP contribution >= 0.6 is 11.6 Å². The Morgan fingerprint density at radius 1 is 1.06 bits per heavy atom. The van der Waals surface area contributed by atoms with Crippen LogP contribution in [0.1, 0.15) is 42.4 Å². The predicted molar refractivity (Wildman–Crippen MR) is 124 cm³/mol. The molecular formula is C24H28ClN3O3. The number of hydrogen-bond donors (Lipinski definition) is 3. The molecule has 2 amide bonds. The maximum Gasteiger partial charge on any atom is 0.407 e. The van der Waals surface area contributed by atoms with Crippen molar-refractivity contribution in [1.82, 2.24) is 15.6 Å². The summed E-state index contributed by atoms with van der Waals surface area (Å²) in [7, 11) is 1.54. The number of aromatic nitrogens is 1. The zero-order valence-electron chi connectivity index (χ0n) is 18.2. The monoisotopic (exact) mass is 441 g/mol. The molecule has 3 aromatic rings. The first-order chi connectivity index (χ1) is 14.6. The van der Waals surface area contributed by atoms with Gasteiger partial charge >= 0.3 is 6.09 Å². The van der Waals surface area contributed by atoms with Crippen LogP contribution in [0.25, 0.3) is 10.9 Å². The van der Waals surface area contributed by atoms with Gasteiger partial charge in [0.15, 0.2) is 0 Å². The van der Waals surface area contributed by atoms with Crippen molar-refractivity contribution in [2.75, 3.05) is 7.05 Å². The number of fused-ring (bicyclic) bond motifs is 2. The summed E-state index contributed by atoms with van der Waals surface area (Å²) in [4.78, 5) is 26.1. The van der Waals surface area contributed by atoms with E-state index < -0.39 is 0 Å². The van der Waals surface area contributed by atoms with E-state index in [9.17, 15) is 9.59 Å². The van der Waals surface area contributed by atoms with Crippen molar-refractivity contribution < 1.29 is 14.3 Å². The second-order valence-corrected chi connectivity index (χ2v) is 8.95. The molecule has 0 fully saturated rings. The highest BCUT2D eigenvalue weighted by Crippen LogP contribution is 2.23. The number of nitrogens with one attached hydrogen (secondary N) is 3. The van der Waals surface area contributed by atoms with E-state index in [1.807, 2.05) is 57.2 Å². The maximum absolute atomic E-state index is 12.4. The molecule has 0 saturated heterocycles. The number of benzene rings is 2. The number of carbonyl (C=O) groups excluding carboxylic acids is 2. The zero-order chi connectivity index (χ0) is 22.6. The van der Waals surface area contributed by atoms with Gasteiger partial charge in [0.1, 0.15) is 11.3 Å². The van der Waals surface area contributed by atoms with Gasteiger partial charge in [0, 0.05) is 29.0 Å². The normalized spacial score (nSPS) is 13.2. The molecule has 4 rings (SSSR count). The highest BCUT2D eigenvalue weighted by Gasteiger charge is 2.23. The summed E-state index contributed by atoms with van der Waals surface area (Å²) >= 11 is 5.98. The number of aromatic amines is 1. The molecule has 0 aliphatic heterocycles. The number of halogens is 1. The molecule has 6 nitrogen and oxygen atoms in total. The topological polar surface area (TPSA) is 83.2 Å². The molecule has 7 heteroatoms. The van der Waals surface area contributed by atoms with E-state index in [0.717, 1.165) is 23.7 Å². The summed E-state index contributed by atoms with van der Waals surface area (Å²) in [5.41, 5.74) is 3.77. The molecule has 0 unspecified atom stereocenters. The summed E-state index contributed by atoms with van der Waals surface area (Å²) in [6, 6.07) is 15.9. The van der Waals surface area contributed by atoms with Gasteiger partial charge in [0.05, 0.1) is 0 Å². The number of carbonyl (C=O) groups is 2. The van der Waals surface area contributed by atoms with Crippen LogP contribution < -0.4 is 10.6 Å². The Bertz CT molecular complexity index is 1060. The molecule has 1 aliphatic rings. The molecule has 0 spiro atoms. The molecule has 0 saturated carbocycles. The minimum atomic E-state index is -0.389. The summed E-state index contributed by atoms with van der Waals surface area (Å²) in [5.74, 6) is -0.0647. The molecule has 3 N–H and O–H groups in total. The maximum atomic E-state index is 12.4. The van der Waals surface area contributed by atoms with Gasteiger partial charge in [-0.2, -0.15) is 0 Å². The molecule has 0 bridgehead atoms. The number of alkyl carbamates (subject to hydrolysis) is 1. The molecule has 164 valence electrons. The van der Waals surface area contributed by atoms with E-state index in [1.165, 1.54) is 18.2 Å². The highest BCUT2D eigenvalue weighted by atomic mass is 35.5. The Morgan fingerprint density at radius 2 is 1.71 bits per heavy atom. The number of amides is 2. The lowest BCUT2D eigenvalue weighted by Crippen LogP contribution is -2.35. The zero-order valence-corrected chi connectivity index (χ0v) is 19.0. The quantitative estimate of drug-likeness (QED) is 0.531. The van der Waals surface area contributed by atoms with Crippen molar-refractivity contribution >= 4 is 34.5 Å². The minimum Gasteiger partial charge on any atom is -0.444 e. The van der Waals surface area contributed by atoms with Crippen LogP contribution in [-0.2, 0) is 17.6 Å². The van der Waals surface area contributed by atoms with Crippen molar-refractivity contribution in [3.05, 3.63) is 70.4 Å². The third-order valence-electron chi connectivity index (χ3n) is 4.82. The SMILES string of the molecule is CNC(=O)OC(C)(C)C.O=C(NC1Cc2ccccc2C1)c1cc2cc(Cl)ccc2[nH]1. The third-order valence-corrected chi connectivity index (χ3v) is 5.05. The van der Waals surface area contributed by atoms with Gasteiger partial charge in [-0.25, -0.2) is 4.79 Å². The lowest BCUT2D eigenvalue weighted by Gasteiger charge is -2.18. The molecule has 2 aromatic carbocycles. The largest absolute Gasteiger partial charge is 0.444 e. The Morgan fingerprint density at radius 3 is 2.26 bits per heavy atom. The number of H-pyrrole nitrogens is 1. The Labute approximate surface area is 187 Å². The van der Waals surface area contributed by atoms with E-state index in [1.54, 1.807) is 0 Å². The van der Waals surface area contributed by atoms with E-state index >= 15 is 0 Å². The first kappa shape index (κ1) is 22.7. The van der Waals surface area contributed by atoms with Crippen LogP contribution in [0.4, 0.5) is 4.79 Å². The Hall–Kier alpha value is -2.99. The van der Waals surface area contributed by atoms with Crippen LogP contribution in [-0.4, -0.2) is 35.7 Å². The average Bonchev–Trinajstić information content (AvgIpc) is 3.30. The summed E-state index contributed by atoms with van der Waals surface area (Å²) in [6.45, 7) is 5.46. The van der Waals surface area contributed by atoms with Gasteiger partial charge in [-0.15, -0.1) is 0 Å². The molecule has 0 atom stereocenters. The number of ether oxygens (including phenoxy) is 1. The summed E-state index contributed by atoms with van der Waals surface area (Å²) < 4.78 is 4.84. The summed E-state index contributed by atoms with van der Waals surface area (Å²) in [6.07, 6.45) is 1.41. The van der Waals surface area contributed by atoms with E-state index in [2.05, 4.69) is 27.8 Å². The standard InChI is InChI=1S/C18H15ClN2O.C6H13NO2/c19-14-5-6-16-13(7-14)10-17(21-16)18(22)20-15-8-11-3-1-2-4-12(11)9-15;1-6(2,3)9-5(8)7-4/h1-7,10,15,21H,8-9H2,(H,20,22);1-4H3,(H,7,8). The Kier molecular flexibility index (Phi) is 6.91. The van der Waals surface area contributed by atoms with Gasteiger partial charge < -0.3 is 20.4 Å². The van der Waals surface area contributed by atoms with Crippen LogP contribution in [0.3, 0.4) is 0 Å². The van der Waals surface area contributed by atoms with Gasteiger partial charge in [0.25, 0.3) is 5.91 Å². The van der Waals surface area contributed by atoms with Crippen LogP contribution in [0, 0.1) is 0 Å². The van der Waals surface area contributed by atoms with E-state index in [4.69, 9.17) is 16.3 Å². The first-order valence-electron chi connectivity index (χ1n) is 10.2. The fourth-order valence-corrected chi connectivity index (χ4v) is 3.66. The van der Waals surface area contributed by atoms with Crippen LogP contribution in [0.15, 0.2) is 48.5 Å². The second kappa shape index (κ2) is 9.43. The molecule has 1 heterocycles. The second-order valence-electron chi connectivity index (χ2n) is 8.51. The van der Waals surface area contributed by atoms with Gasteiger partial charge in [-0.1, -0.05) is 35.9 Å². The minimum absolute atomic E-state index is 0.0647. The van der Waals surface area contributed by atoms with Crippen molar-refractivity contribution in [3.8, 4) is 0 Å². The predicted octanol–water partition coefficient (Wildman–Crippen LogP) is 4.86. The lowest BCUT2D eigenvalue weighted by atomic mass is 10.1. The molecular weight excluding hydrogens is 414 g/mol. The Balaban J connectivity index is 0.000000259. The fourth-order valence-electron chi connectivity index (χ4n) is 3.48. The van der Waals surface area contributed by atoms with Crippen molar-refractivity contribution in [1.29, 1.82) is 0 Å². The molecule has 31 heavy (non-hydrogen) atoms. The van der Waals surface area contributed by atoms with Crippen molar-refractivity contribution in [2.45, 2.75) is 45.3 Å². The van der Waals surface area contributed by atoms with Gasteiger partial charge in [0.2, 0.25) is 0 Å². The lowest BCUT2D eigenvalue weighted by molar-refractivity contribution is 0.0541. The average molecular weight is 442 g/mol. The smallest absolute Gasteiger partial charge is 0.407 e. The number of rotatable bonds is 2. The van der Waals surface area contributed by atoms with Crippen molar-refractivity contribution in [2.24, 2.45) is 0 Å². The van der Waals surface area contributed by atoms with Crippen LogP contribution in [0.2, 0.25) is 5.02 Å². The van der Waals surface area contributed by atoms with Gasteiger partial charge in [-0.05, 0) is 69.0 Å². The highest BCUT2D eigenvalue weighted by molar-refractivity contribution is 6.31. The fraction of sp³-hybridized carbons (Fsp3) is 0.333. The third kappa shape index (κ3) is 6.25. The van der Waals surface area contributed by atoms with Crippen molar-refractivity contribution in [3.63, 3.8) is 0 Å². The molecule has 1 aliphatic carbocycles. The van der Waals surface area contributed by atoms with E-state index in [0.29, 0.717) is 10.7 Å². The molecule has 1 aromatic heterocycles. The van der Waals surface area contributed by atoms with Crippen LogP contribution in [0.5, 0.6) is 0 Å². The first-order valence-corrected chi connectivity index (χ1v) is 10.6. The van der Waals surface area contributed by atoms with E-state index in [-0.39, 0.29) is 23.6 Å². The van der Waals surface area contributed by atoms with Gasteiger partial charge in [-0.3, -0.25) is 4.79 Å². The molecule has 0 radical (unpaired) electrons. The number of hydrogen-bond acceptors (Lipinski definition) is 3.